The van der Waals surface area contributed by atoms with E-state index >= 15 is 0 Å². The van der Waals surface area contributed by atoms with Gasteiger partial charge in [0.1, 0.15) is 0 Å². The van der Waals surface area contributed by atoms with Crippen molar-refractivity contribution in [2.24, 2.45) is 11.3 Å². The fourth-order valence-corrected chi connectivity index (χ4v) is 3.09. The zero-order valence-electron chi connectivity index (χ0n) is 11.9. The van der Waals surface area contributed by atoms with Crippen LogP contribution in [0.5, 0.6) is 0 Å². The molecule has 1 aliphatic heterocycles. The maximum atomic E-state index is 5.67. The van der Waals surface area contributed by atoms with Crippen LogP contribution in [0.25, 0.3) is 0 Å². The third-order valence-corrected chi connectivity index (χ3v) is 4.53. The summed E-state index contributed by atoms with van der Waals surface area (Å²) in [6, 6.07) is 8.53. The first-order chi connectivity index (χ1) is 9.11. The van der Waals surface area contributed by atoms with Gasteiger partial charge < -0.3 is 10.1 Å². The molecule has 1 aromatic rings. The maximum Gasteiger partial charge on any atom is 0.0538 e. The lowest BCUT2D eigenvalue weighted by Gasteiger charge is -2.29. The van der Waals surface area contributed by atoms with Crippen LogP contribution in [-0.2, 0) is 11.2 Å². The molecule has 1 aromatic carbocycles. The van der Waals surface area contributed by atoms with Crippen molar-refractivity contribution in [3.05, 3.63) is 34.3 Å². The average Bonchev–Trinajstić information content (AvgIpc) is 2.81. The second-order valence-corrected chi connectivity index (χ2v) is 6.95. The van der Waals surface area contributed by atoms with Crippen LogP contribution in [0.1, 0.15) is 25.8 Å². The third kappa shape index (κ3) is 4.30. The average molecular weight is 326 g/mol. The van der Waals surface area contributed by atoms with Crippen molar-refractivity contribution in [1.82, 2.24) is 5.32 Å². The van der Waals surface area contributed by atoms with E-state index in [1.54, 1.807) is 0 Å². The second kappa shape index (κ2) is 6.87. The van der Waals surface area contributed by atoms with Crippen molar-refractivity contribution in [2.45, 2.75) is 26.7 Å². The smallest absolute Gasteiger partial charge is 0.0538 e. The Labute approximate surface area is 125 Å². The van der Waals surface area contributed by atoms with Crippen LogP contribution in [0.4, 0.5) is 0 Å². The maximum absolute atomic E-state index is 5.67. The number of hydrogen-bond donors (Lipinski definition) is 1. The van der Waals surface area contributed by atoms with Crippen molar-refractivity contribution >= 4 is 15.9 Å². The lowest BCUT2D eigenvalue weighted by molar-refractivity contribution is 0.148. The summed E-state index contributed by atoms with van der Waals surface area (Å²) in [4.78, 5) is 0. The number of halogens is 1. The Morgan fingerprint density at radius 1 is 1.37 bits per heavy atom. The van der Waals surface area contributed by atoms with Gasteiger partial charge in [-0.25, -0.2) is 0 Å². The minimum Gasteiger partial charge on any atom is -0.381 e. The molecule has 0 spiro atoms. The first-order valence-corrected chi connectivity index (χ1v) is 7.92. The summed E-state index contributed by atoms with van der Waals surface area (Å²) in [7, 11) is 0. The van der Waals surface area contributed by atoms with Crippen LogP contribution < -0.4 is 5.32 Å². The lowest BCUT2D eigenvalue weighted by Crippen LogP contribution is -2.38. The van der Waals surface area contributed by atoms with Gasteiger partial charge in [-0.15, -0.1) is 0 Å². The topological polar surface area (TPSA) is 21.3 Å². The molecule has 0 aromatic heterocycles. The molecule has 1 N–H and O–H groups in total. The molecule has 0 radical (unpaired) electrons. The molecule has 1 heterocycles. The first kappa shape index (κ1) is 15.0. The molecule has 3 heteroatoms. The molecule has 19 heavy (non-hydrogen) atoms. The largest absolute Gasteiger partial charge is 0.381 e. The normalized spacial score (nSPS) is 23.2. The molecule has 0 saturated carbocycles. The highest BCUT2D eigenvalue weighted by atomic mass is 79.9. The highest BCUT2D eigenvalue weighted by Gasteiger charge is 2.35. The molecule has 0 aliphatic carbocycles. The van der Waals surface area contributed by atoms with Crippen molar-refractivity contribution in [2.75, 3.05) is 26.3 Å². The quantitative estimate of drug-likeness (QED) is 0.862. The summed E-state index contributed by atoms with van der Waals surface area (Å²) in [5.74, 6) is 0.697. The molecule has 1 aliphatic rings. The predicted molar refractivity (Wildman–Crippen MR) is 83.4 cm³/mol. The zero-order valence-corrected chi connectivity index (χ0v) is 13.5. The van der Waals surface area contributed by atoms with Gasteiger partial charge in [0.25, 0.3) is 0 Å². The molecule has 0 amide bonds. The molecule has 1 unspecified atom stereocenters. The highest BCUT2D eigenvalue weighted by Crippen LogP contribution is 2.34. The number of rotatable bonds is 6. The van der Waals surface area contributed by atoms with Crippen LogP contribution in [0, 0.1) is 11.3 Å². The highest BCUT2D eigenvalue weighted by molar-refractivity contribution is 9.10. The Bertz CT molecular complexity index is 399. The van der Waals surface area contributed by atoms with E-state index in [2.05, 4.69) is 59.4 Å². The summed E-state index contributed by atoms with van der Waals surface area (Å²) < 4.78 is 6.89. The van der Waals surface area contributed by atoms with E-state index in [9.17, 15) is 0 Å². The molecule has 106 valence electrons. The zero-order chi connectivity index (χ0) is 13.7. The van der Waals surface area contributed by atoms with Crippen molar-refractivity contribution in [1.29, 1.82) is 0 Å². The minimum atomic E-state index is 0.263. The van der Waals surface area contributed by atoms with E-state index in [1.807, 2.05) is 0 Å². The summed E-state index contributed by atoms with van der Waals surface area (Å²) in [5.41, 5.74) is 1.65. The Morgan fingerprint density at radius 2 is 2.16 bits per heavy atom. The van der Waals surface area contributed by atoms with E-state index in [0.717, 1.165) is 39.1 Å². The van der Waals surface area contributed by atoms with Gasteiger partial charge in [-0.2, -0.15) is 0 Å². The number of benzene rings is 1. The van der Waals surface area contributed by atoms with E-state index in [0.29, 0.717) is 5.92 Å². The van der Waals surface area contributed by atoms with E-state index < -0.39 is 0 Å². The number of ether oxygens (including phenoxy) is 1. The second-order valence-electron chi connectivity index (χ2n) is 6.10. The summed E-state index contributed by atoms with van der Waals surface area (Å²) in [6.07, 6.45) is 2.24. The van der Waals surface area contributed by atoms with Crippen molar-refractivity contribution < 1.29 is 4.74 Å². The molecule has 1 fully saturated rings. The number of hydrogen-bond acceptors (Lipinski definition) is 2. The third-order valence-electron chi connectivity index (χ3n) is 3.76. The van der Waals surface area contributed by atoms with Crippen molar-refractivity contribution in [3.8, 4) is 0 Å². The Morgan fingerprint density at radius 3 is 2.79 bits per heavy atom. The Hall–Kier alpha value is -0.380. The van der Waals surface area contributed by atoms with Crippen LogP contribution in [0.2, 0.25) is 0 Å². The molecule has 0 bridgehead atoms. The van der Waals surface area contributed by atoms with Gasteiger partial charge in [0.05, 0.1) is 6.61 Å². The summed E-state index contributed by atoms with van der Waals surface area (Å²) in [5, 5.41) is 3.61. The van der Waals surface area contributed by atoms with E-state index in [1.165, 1.54) is 10.0 Å². The van der Waals surface area contributed by atoms with Gasteiger partial charge in [0.15, 0.2) is 0 Å². The fourth-order valence-electron chi connectivity index (χ4n) is 2.66. The Kier molecular flexibility index (Phi) is 5.43. The molecule has 1 atom stereocenters. The number of nitrogens with one attached hydrogen (secondary N) is 1. The SMILES string of the molecule is CC(C)CNCC1(Cc2ccccc2Br)CCOC1. The van der Waals surface area contributed by atoms with Gasteiger partial charge in [0.2, 0.25) is 0 Å². The van der Waals surface area contributed by atoms with Gasteiger partial charge in [0, 0.05) is 23.0 Å². The van der Waals surface area contributed by atoms with Crippen LogP contribution in [0.15, 0.2) is 28.7 Å². The van der Waals surface area contributed by atoms with Crippen molar-refractivity contribution in [3.63, 3.8) is 0 Å². The van der Waals surface area contributed by atoms with Gasteiger partial charge >= 0.3 is 0 Å². The van der Waals surface area contributed by atoms with Crippen LogP contribution in [-0.4, -0.2) is 26.3 Å². The molecule has 2 rings (SSSR count). The monoisotopic (exact) mass is 325 g/mol. The predicted octanol–water partition coefficient (Wildman–Crippen LogP) is 3.64. The first-order valence-electron chi connectivity index (χ1n) is 7.13. The van der Waals surface area contributed by atoms with Crippen LogP contribution in [0.3, 0.4) is 0 Å². The van der Waals surface area contributed by atoms with Gasteiger partial charge in [-0.3, -0.25) is 0 Å². The molecular weight excluding hydrogens is 302 g/mol. The Balaban J connectivity index is 2.01. The van der Waals surface area contributed by atoms with Gasteiger partial charge in [-0.1, -0.05) is 48.0 Å². The van der Waals surface area contributed by atoms with Crippen LogP contribution >= 0.6 is 15.9 Å². The molecule has 2 nitrogen and oxygen atoms in total. The standard InChI is InChI=1S/C16H24BrNO/c1-13(2)10-18-11-16(7-8-19-12-16)9-14-5-3-4-6-15(14)17/h3-6,13,18H,7-12H2,1-2H3. The lowest BCUT2D eigenvalue weighted by atomic mass is 9.81. The summed E-state index contributed by atoms with van der Waals surface area (Å²) >= 11 is 3.66. The van der Waals surface area contributed by atoms with E-state index in [4.69, 9.17) is 4.74 Å². The summed E-state index contributed by atoms with van der Waals surface area (Å²) in [6.45, 7) is 8.40. The molecule has 1 saturated heterocycles. The minimum absolute atomic E-state index is 0.263. The van der Waals surface area contributed by atoms with E-state index in [-0.39, 0.29) is 5.41 Å². The molecular formula is C16H24BrNO. The van der Waals surface area contributed by atoms with Gasteiger partial charge in [-0.05, 0) is 36.9 Å². The fraction of sp³-hybridized carbons (Fsp3) is 0.625.